The van der Waals surface area contributed by atoms with E-state index in [0.29, 0.717) is 0 Å². The Morgan fingerprint density at radius 1 is 0.778 bits per heavy atom. The van der Waals surface area contributed by atoms with E-state index in [1.54, 1.807) is 12.4 Å². The molecule has 0 amide bonds. The smallest absolute Gasteiger partial charge is 1.00 e. The standard InChI is InChI=1S/C19H11Br2N3.2ClH.Fe/c20-15-4-1-5-16(21)19(15)23-11-14-9-8-13-7-6-12-3-2-10-22-17(12)18(13)24-14;;;/h1-11H;2*1H;/q;;;+2/p-2/b23-11+;;;. The third kappa shape index (κ3) is 5.08. The van der Waals surface area contributed by atoms with Gasteiger partial charge in [-0.2, -0.15) is 0 Å². The van der Waals surface area contributed by atoms with E-state index in [2.05, 4.69) is 54.0 Å². The molecule has 0 aliphatic rings. The van der Waals surface area contributed by atoms with Crippen molar-refractivity contribution < 1.29 is 41.9 Å². The molecular weight excluding hydrogens is 557 g/mol. The zero-order chi connectivity index (χ0) is 16.5. The summed E-state index contributed by atoms with van der Waals surface area (Å²) >= 11 is 7.04. The van der Waals surface area contributed by atoms with Crippen LogP contribution in [0.2, 0.25) is 0 Å². The van der Waals surface area contributed by atoms with Gasteiger partial charge in [0, 0.05) is 25.9 Å². The zero-order valence-corrected chi connectivity index (χ0v) is 19.3. The maximum atomic E-state index is 4.74. The molecule has 138 valence electrons. The predicted octanol–water partition coefficient (Wildman–Crippen LogP) is 0.0641. The van der Waals surface area contributed by atoms with Crippen molar-refractivity contribution in [3.05, 3.63) is 75.4 Å². The van der Waals surface area contributed by atoms with Crippen molar-refractivity contribution in [2.75, 3.05) is 0 Å². The normalized spacial score (nSPS) is 10.3. The van der Waals surface area contributed by atoms with Crippen LogP contribution < -0.4 is 24.8 Å². The molecule has 0 spiro atoms. The van der Waals surface area contributed by atoms with Gasteiger partial charge in [0.25, 0.3) is 0 Å². The number of benzene rings is 2. The predicted molar refractivity (Wildman–Crippen MR) is 106 cm³/mol. The molecular formula is C19H11Br2Cl2FeN3. The molecule has 0 N–H and O–H groups in total. The Kier molecular flexibility index (Phi) is 9.35. The molecule has 2 aromatic heterocycles. The molecule has 2 aromatic carbocycles. The number of nitrogens with zero attached hydrogens (tertiary/aromatic N) is 3. The third-order valence-electron chi connectivity index (χ3n) is 3.72. The van der Waals surface area contributed by atoms with Crippen molar-refractivity contribution in [1.82, 2.24) is 9.97 Å². The van der Waals surface area contributed by atoms with Crippen LogP contribution in [0, 0.1) is 0 Å². The molecule has 0 radical (unpaired) electrons. The first-order chi connectivity index (χ1) is 11.7. The van der Waals surface area contributed by atoms with Gasteiger partial charge in [0.15, 0.2) is 0 Å². The van der Waals surface area contributed by atoms with Gasteiger partial charge in [0.05, 0.1) is 28.6 Å². The molecule has 0 unspecified atom stereocenters. The van der Waals surface area contributed by atoms with Gasteiger partial charge in [0.2, 0.25) is 0 Å². The average Bonchev–Trinajstić information content (AvgIpc) is 2.61. The largest absolute Gasteiger partial charge is 2.00 e. The molecule has 0 bridgehead atoms. The number of rotatable bonds is 2. The third-order valence-corrected chi connectivity index (χ3v) is 5.00. The Morgan fingerprint density at radius 3 is 2.11 bits per heavy atom. The number of hydrogen-bond donors (Lipinski definition) is 0. The summed E-state index contributed by atoms with van der Waals surface area (Å²) in [5.74, 6) is 0. The Bertz CT molecular complexity index is 1090. The van der Waals surface area contributed by atoms with Crippen molar-refractivity contribution in [2.24, 2.45) is 4.99 Å². The van der Waals surface area contributed by atoms with Crippen molar-refractivity contribution in [3.8, 4) is 0 Å². The Labute approximate surface area is 196 Å². The molecule has 27 heavy (non-hydrogen) atoms. The van der Waals surface area contributed by atoms with Crippen molar-refractivity contribution in [2.45, 2.75) is 0 Å². The van der Waals surface area contributed by atoms with Crippen molar-refractivity contribution >= 4 is 65.6 Å². The van der Waals surface area contributed by atoms with E-state index in [9.17, 15) is 0 Å². The van der Waals surface area contributed by atoms with E-state index < -0.39 is 0 Å². The Hall–Kier alpha value is -1.01. The summed E-state index contributed by atoms with van der Waals surface area (Å²) < 4.78 is 1.86. The van der Waals surface area contributed by atoms with Gasteiger partial charge in [-0.1, -0.05) is 30.3 Å². The van der Waals surface area contributed by atoms with E-state index in [-0.39, 0.29) is 41.9 Å². The zero-order valence-electron chi connectivity index (χ0n) is 13.6. The second-order valence-electron chi connectivity index (χ2n) is 5.28. The fraction of sp³-hybridized carbons (Fsp3) is 0. The second kappa shape index (κ2) is 10.5. The van der Waals surface area contributed by atoms with Crippen LogP contribution in [-0.2, 0) is 17.1 Å². The summed E-state index contributed by atoms with van der Waals surface area (Å²) in [5.41, 5.74) is 3.44. The minimum Gasteiger partial charge on any atom is -1.00 e. The summed E-state index contributed by atoms with van der Waals surface area (Å²) in [6.07, 6.45) is 3.56. The molecule has 0 atom stereocenters. The minimum atomic E-state index is 0. The molecule has 4 rings (SSSR count). The fourth-order valence-corrected chi connectivity index (χ4v) is 3.76. The van der Waals surface area contributed by atoms with Gasteiger partial charge in [0.1, 0.15) is 0 Å². The number of fused-ring (bicyclic) bond motifs is 3. The number of para-hydroxylation sites is 1. The number of hydrogen-bond acceptors (Lipinski definition) is 3. The number of pyridine rings is 2. The van der Waals surface area contributed by atoms with Gasteiger partial charge >= 0.3 is 17.1 Å². The maximum Gasteiger partial charge on any atom is 2.00 e. The number of aromatic nitrogens is 2. The van der Waals surface area contributed by atoms with Crippen LogP contribution in [0.5, 0.6) is 0 Å². The van der Waals surface area contributed by atoms with E-state index in [1.165, 1.54) is 0 Å². The van der Waals surface area contributed by atoms with E-state index in [0.717, 1.165) is 42.1 Å². The summed E-state index contributed by atoms with van der Waals surface area (Å²) in [6, 6.07) is 18.0. The SMILES string of the molecule is Brc1cccc(Br)c1/N=C/c1ccc2ccc3cccnc3c2n1.[Cl-].[Cl-].[Fe+2]. The molecule has 0 saturated heterocycles. The molecule has 0 aliphatic heterocycles. The molecule has 2 heterocycles. The monoisotopic (exact) mass is 565 g/mol. The van der Waals surface area contributed by atoms with Crippen LogP contribution in [0.4, 0.5) is 5.69 Å². The van der Waals surface area contributed by atoms with Crippen LogP contribution >= 0.6 is 31.9 Å². The molecule has 0 saturated carbocycles. The van der Waals surface area contributed by atoms with E-state index in [4.69, 9.17) is 4.98 Å². The average molecular weight is 568 g/mol. The quantitative estimate of drug-likeness (QED) is 0.195. The summed E-state index contributed by atoms with van der Waals surface area (Å²) in [4.78, 5) is 13.8. The number of halogens is 4. The molecule has 0 fully saturated rings. The van der Waals surface area contributed by atoms with Crippen LogP contribution in [0.3, 0.4) is 0 Å². The molecule has 4 aromatic rings. The second-order valence-corrected chi connectivity index (χ2v) is 6.99. The molecule has 0 aliphatic carbocycles. The van der Waals surface area contributed by atoms with Crippen LogP contribution in [-0.4, -0.2) is 16.2 Å². The summed E-state index contributed by atoms with van der Waals surface area (Å²) in [5, 5.41) is 2.15. The first kappa shape index (κ1) is 24.0. The fourth-order valence-electron chi connectivity index (χ4n) is 2.55. The minimum absolute atomic E-state index is 0. The van der Waals surface area contributed by atoms with Gasteiger partial charge in [-0.25, -0.2) is 4.98 Å². The Morgan fingerprint density at radius 2 is 1.41 bits per heavy atom. The van der Waals surface area contributed by atoms with E-state index >= 15 is 0 Å². The van der Waals surface area contributed by atoms with Gasteiger partial charge < -0.3 is 24.8 Å². The topological polar surface area (TPSA) is 38.1 Å². The number of aliphatic imine (C=N–C) groups is 1. The van der Waals surface area contributed by atoms with E-state index in [1.807, 2.05) is 42.5 Å². The van der Waals surface area contributed by atoms with Crippen LogP contribution in [0.1, 0.15) is 5.69 Å². The van der Waals surface area contributed by atoms with Crippen molar-refractivity contribution in [3.63, 3.8) is 0 Å². The summed E-state index contributed by atoms with van der Waals surface area (Å²) in [6.45, 7) is 0. The first-order valence-electron chi connectivity index (χ1n) is 7.35. The van der Waals surface area contributed by atoms with Crippen LogP contribution in [0.15, 0.2) is 74.7 Å². The maximum absolute atomic E-state index is 4.74. The van der Waals surface area contributed by atoms with Crippen LogP contribution in [0.25, 0.3) is 21.8 Å². The van der Waals surface area contributed by atoms with Crippen molar-refractivity contribution in [1.29, 1.82) is 0 Å². The molecule has 3 nitrogen and oxygen atoms in total. The van der Waals surface area contributed by atoms with Gasteiger partial charge in [-0.05, 0) is 56.1 Å². The first-order valence-corrected chi connectivity index (χ1v) is 8.93. The Balaban J connectivity index is 0.00000121. The molecule has 8 heteroatoms. The van der Waals surface area contributed by atoms with Gasteiger partial charge in [-0.3, -0.25) is 9.98 Å². The summed E-state index contributed by atoms with van der Waals surface area (Å²) in [7, 11) is 0. The van der Waals surface area contributed by atoms with Gasteiger partial charge in [-0.15, -0.1) is 0 Å².